The largest absolute Gasteiger partial charge is 0.381 e. The third-order valence-corrected chi connectivity index (χ3v) is 8.33. The number of benzene rings is 1. The van der Waals surface area contributed by atoms with Crippen LogP contribution in [-0.4, -0.2) is 77.4 Å². The van der Waals surface area contributed by atoms with Crippen molar-refractivity contribution >= 4 is 45.0 Å². The van der Waals surface area contributed by atoms with Gasteiger partial charge < -0.3 is 20.1 Å². The zero-order valence-electron chi connectivity index (χ0n) is 18.5. The second kappa shape index (κ2) is 9.74. The lowest BCUT2D eigenvalue weighted by Gasteiger charge is -2.32. The van der Waals surface area contributed by atoms with Crippen LogP contribution in [0.2, 0.25) is 5.02 Å². The number of nitrogens with one attached hydrogen (secondary N) is 2. The summed E-state index contributed by atoms with van der Waals surface area (Å²) in [4.78, 5) is 13.7. The van der Waals surface area contributed by atoms with Gasteiger partial charge in [0.05, 0.1) is 22.9 Å². The van der Waals surface area contributed by atoms with Gasteiger partial charge in [0.15, 0.2) is 0 Å². The van der Waals surface area contributed by atoms with Crippen LogP contribution in [0.4, 0.5) is 5.69 Å². The van der Waals surface area contributed by atoms with E-state index < -0.39 is 0 Å². The highest BCUT2D eigenvalue weighted by molar-refractivity contribution is 8.14. The maximum absolute atomic E-state index is 6.43. The minimum absolute atomic E-state index is 0.443. The number of likely N-dealkylation sites (N-methyl/N-ethyl adjacent to an activating group) is 1. The third kappa shape index (κ3) is 5.24. The number of hydrogen-bond acceptors (Lipinski definition) is 5. The lowest BCUT2D eigenvalue weighted by molar-refractivity contribution is 0.151. The molecule has 1 aromatic heterocycles. The Morgan fingerprint density at radius 1 is 1.16 bits per heavy atom. The van der Waals surface area contributed by atoms with Gasteiger partial charge in [-0.25, -0.2) is 0 Å². The van der Waals surface area contributed by atoms with Crippen LogP contribution in [0.5, 0.6) is 0 Å². The molecule has 5 rings (SSSR count). The predicted molar refractivity (Wildman–Crippen MR) is 135 cm³/mol. The van der Waals surface area contributed by atoms with Gasteiger partial charge in [-0.1, -0.05) is 24.4 Å². The standard InChI is InChI=1S/C24H34ClN5S/c1-29-9-11-30(12-10-29)8-4-7-20-16-31-24(27-20)22-14-17-13-18(25)15-21(23(17)28-22)26-19-5-2-3-6-19/h13-15,19-20,26,28H,2-12,16H2,1H3/t20-/m1/s1. The van der Waals surface area contributed by atoms with E-state index in [1.165, 1.54) is 76.6 Å². The van der Waals surface area contributed by atoms with Crippen molar-refractivity contribution in [3.63, 3.8) is 0 Å². The Kier molecular flexibility index (Phi) is 6.79. The van der Waals surface area contributed by atoms with Crippen molar-refractivity contribution in [1.82, 2.24) is 14.8 Å². The number of H-pyrrole nitrogens is 1. The zero-order chi connectivity index (χ0) is 21.2. The van der Waals surface area contributed by atoms with Crippen molar-refractivity contribution in [3.8, 4) is 0 Å². The van der Waals surface area contributed by atoms with E-state index in [0.717, 1.165) is 32.7 Å². The second-order valence-electron chi connectivity index (χ2n) is 9.41. The minimum atomic E-state index is 0.443. The van der Waals surface area contributed by atoms with Crippen molar-refractivity contribution in [3.05, 3.63) is 28.9 Å². The molecule has 0 radical (unpaired) electrons. The zero-order valence-corrected chi connectivity index (χ0v) is 20.1. The Morgan fingerprint density at radius 3 is 2.77 bits per heavy atom. The van der Waals surface area contributed by atoms with Crippen molar-refractivity contribution in [1.29, 1.82) is 0 Å². The molecule has 7 heteroatoms. The highest BCUT2D eigenvalue weighted by Crippen LogP contribution is 2.33. The Morgan fingerprint density at radius 2 is 1.97 bits per heavy atom. The Hall–Kier alpha value is -1.21. The summed E-state index contributed by atoms with van der Waals surface area (Å²) in [5.74, 6) is 1.10. The van der Waals surface area contributed by atoms with E-state index in [4.69, 9.17) is 16.6 Å². The van der Waals surface area contributed by atoms with E-state index in [1.807, 2.05) is 11.8 Å². The summed E-state index contributed by atoms with van der Waals surface area (Å²) in [6, 6.07) is 7.35. The molecule has 2 N–H and O–H groups in total. The first kappa shape index (κ1) is 21.6. The number of nitrogens with zero attached hydrogens (tertiary/aromatic N) is 3. The molecule has 0 unspecified atom stereocenters. The molecule has 3 aliphatic rings. The van der Waals surface area contributed by atoms with Gasteiger partial charge >= 0.3 is 0 Å². The molecule has 1 atom stereocenters. The topological polar surface area (TPSA) is 46.7 Å². The van der Waals surface area contributed by atoms with Gasteiger partial charge in [-0.2, -0.15) is 0 Å². The molecule has 168 valence electrons. The number of aromatic amines is 1. The summed E-state index contributed by atoms with van der Waals surface area (Å²) < 4.78 is 0. The monoisotopic (exact) mass is 459 g/mol. The fraction of sp³-hybridized carbons (Fsp3) is 0.625. The first-order valence-corrected chi connectivity index (χ1v) is 13.2. The molecule has 2 aliphatic heterocycles. The van der Waals surface area contributed by atoms with Gasteiger partial charge in [0.2, 0.25) is 0 Å². The van der Waals surface area contributed by atoms with Gasteiger partial charge in [0.1, 0.15) is 5.04 Å². The molecule has 1 aromatic carbocycles. The fourth-order valence-corrected chi connectivity index (χ4v) is 6.37. The molecule has 5 nitrogen and oxygen atoms in total. The van der Waals surface area contributed by atoms with E-state index in [9.17, 15) is 0 Å². The summed E-state index contributed by atoms with van der Waals surface area (Å²) in [5, 5.41) is 6.85. The molecule has 0 bridgehead atoms. The van der Waals surface area contributed by atoms with Crippen molar-refractivity contribution in [2.75, 3.05) is 50.8 Å². The summed E-state index contributed by atoms with van der Waals surface area (Å²) >= 11 is 8.33. The van der Waals surface area contributed by atoms with Crippen LogP contribution < -0.4 is 5.32 Å². The summed E-state index contributed by atoms with van der Waals surface area (Å²) in [5.41, 5.74) is 3.43. The number of thioether (sulfide) groups is 1. The molecule has 0 spiro atoms. The Balaban J connectivity index is 1.23. The van der Waals surface area contributed by atoms with Crippen molar-refractivity contribution in [2.45, 2.75) is 50.6 Å². The number of piperazine rings is 1. The average molecular weight is 460 g/mol. The summed E-state index contributed by atoms with van der Waals surface area (Å²) in [6.45, 7) is 6.02. The smallest absolute Gasteiger partial charge is 0.114 e. The number of fused-ring (bicyclic) bond motifs is 1. The first-order valence-electron chi connectivity index (χ1n) is 11.8. The highest BCUT2D eigenvalue weighted by atomic mass is 35.5. The quantitative estimate of drug-likeness (QED) is 0.607. The molecule has 2 fully saturated rings. The van der Waals surface area contributed by atoms with Gasteiger partial charge in [0, 0.05) is 48.4 Å². The van der Waals surface area contributed by atoms with Crippen LogP contribution in [0.3, 0.4) is 0 Å². The second-order valence-corrected chi connectivity index (χ2v) is 10.9. The maximum Gasteiger partial charge on any atom is 0.114 e. The number of aliphatic imine (C=N–C) groups is 1. The van der Waals surface area contributed by atoms with E-state index in [2.05, 4.69) is 45.3 Å². The molecule has 1 saturated carbocycles. The average Bonchev–Trinajstić information content (AvgIpc) is 3.50. The van der Waals surface area contributed by atoms with Gasteiger partial charge in [0.25, 0.3) is 0 Å². The van der Waals surface area contributed by atoms with E-state index in [-0.39, 0.29) is 0 Å². The lowest BCUT2D eigenvalue weighted by Crippen LogP contribution is -2.44. The molecule has 0 amide bonds. The fourth-order valence-electron chi connectivity index (χ4n) is 5.06. The van der Waals surface area contributed by atoms with Crippen molar-refractivity contribution in [2.24, 2.45) is 4.99 Å². The van der Waals surface area contributed by atoms with Crippen LogP contribution >= 0.6 is 23.4 Å². The normalized spacial score (nSPS) is 23.7. The first-order chi connectivity index (χ1) is 15.1. The van der Waals surface area contributed by atoms with Gasteiger partial charge in [-0.05, 0) is 57.5 Å². The van der Waals surface area contributed by atoms with Crippen LogP contribution in [0.15, 0.2) is 23.2 Å². The van der Waals surface area contributed by atoms with Gasteiger partial charge in [-0.15, -0.1) is 11.8 Å². The Bertz CT molecular complexity index is 927. The molecule has 1 saturated heterocycles. The van der Waals surface area contributed by atoms with Crippen molar-refractivity contribution < 1.29 is 0 Å². The lowest BCUT2D eigenvalue weighted by atomic mass is 10.1. The number of hydrogen-bond donors (Lipinski definition) is 2. The number of halogens is 1. The Labute approximate surface area is 195 Å². The molecule has 1 aliphatic carbocycles. The van der Waals surface area contributed by atoms with Crippen LogP contribution in [0.25, 0.3) is 10.9 Å². The predicted octanol–water partition coefficient (Wildman–Crippen LogP) is 5.07. The number of anilines is 1. The third-order valence-electron chi connectivity index (χ3n) is 6.96. The summed E-state index contributed by atoms with van der Waals surface area (Å²) in [7, 11) is 2.22. The van der Waals surface area contributed by atoms with Gasteiger partial charge in [-0.3, -0.25) is 4.99 Å². The van der Waals surface area contributed by atoms with E-state index in [1.54, 1.807) is 0 Å². The number of rotatable bonds is 7. The van der Waals surface area contributed by atoms with E-state index in [0.29, 0.717) is 12.1 Å². The van der Waals surface area contributed by atoms with E-state index >= 15 is 0 Å². The maximum atomic E-state index is 6.43. The highest BCUT2D eigenvalue weighted by Gasteiger charge is 2.23. The van der Waals surface area contributed by atoms with Crippen LogP contribution in [0, 0.1) is 0 Å². The SMILES string of the molecule is CN1CCN(CCC[C@@H]2CSC(c3cc4cc(Cl)cc(NC5CCCC5)c4[nH]3)=N2)CC1. The summed E-state index contributed by atoms with van der Waals surface area (Å²) in [6.07, 6.45) is 7.56. The number of aromatic nitrogens is 1. The molecular formula is C24H34ClN5S. The molecule has 3 heterocycles. The minimum Gasteiger partial charge on any atom is -0.381 e. The van der Waals surface area contributed by atoms with Crippen LogP contribution in [0.1, 0.15) is 44.2 Å². The van der Waals surface area contributed by atoms with Crippen LogP contribution in [-0.2, 0) is 0 Å². The molecule has 2 aromatic rings. The molecular weight excluding hydrogens is 426 g/mol. The molecule has 31 heavy (non-hydrogen) atoms.